The molecule has 0 aliphatic carbocycles. The summed E-state index contributed by atoms with van der Waals surface area (Å²) in [6, 6.07) is 0. The monoisotopic (exact) mass is 538 g/mol. The van der Waals surface area contributed by atoms with Gasteiger partial charge in [-0.15, -0.1) is 0 Å². The number of nitrogens with one attached hydrogen (secondary N) is 3. The van der Waals surface area contributed by atoms with Gasteiger partial charge in [0.15, 0.2) is 0 Å². The number of nitrogen functional groups attached to an aromatic ring is 1. The van der Waals surface area contributed by atoms with Crippen molar-refractivity contribution in [2.75, 3.05) is 108 Å². The van der Waals surface area contributed by atoms with Gasteiger partial charge in [0.1, 0.15) is 22.7 Å². The van der Waals surface area contributed by atoms with Gasteiger partial charge in [-0.05, 0) is 52.4 Å². The van der Waals surface area contributed by atoms with E-state index in [1.165, 1.54) is 0 Å². The number of hydrogen-bond acceptors (Lipinski definition) is 13. The number of anilines is 4. The number of nitrogens with zero attached hydrogens (tertiary/aromatic N) is 1. The fourth-order valence-electron chi connectivity index (χ4n) is 3.67. The molecule has 13 heteroatoms. The fourth-order valence-corrected chi connectivity index (χ4v) is 3.67. The molecule has 0 aliphatic heterocycles. The van der Waals surface area contributed by atoms with Crippen LogP contribution in [-0.2, 0) is 14.2 Å². The van der Waals surface area contributed by atoms with Crippen molar-refractivity contribution in [3.05, 3.63) is 40.9 Å². The first kappa shape index (κ1) is 31.4. The van der Waals surface area contributed by atoms with Crippen LogP contribution in [0.25, 0.3) is 0 Å². The summed E-state index contributed by atoms with van der Waals surface area (Å²) >= 11 is 0. The molecule has 0 saturated heterocycles. The van der Waals surface area contributed by atoms with E-state index < -0.39 is 21.7 Å². The van der Waals surface area contributed by atoms with Gasteiger partial charge in [0, 0.05) is 32.8 Å². The van der Waals surface area contributed by atoms with Gasteiger partial charge in [-0.3, -0.25) is 19.2 Å². The highest BCUT2D eigenvalue weighted by Gasteiger charge is 2.20. The van der Waals surface area contributed by atoms with E-state index in [1.54, 1.807) is 0 Å². The molecule has 0 unspecified atom stereocenters. The molecule has 0 fully saturated rings. The number of rotatable bonds is 24. The smallest absolute Gasteiger partial charge is 0.253 e. The lowest BCUT2D eigenvalue weighted by Crippen LogP contribution is -2.38. The third-order valence-electron chi connectivity index (χ3n) is 5.90. The fraction of sp³-hybridized carbons (Fsp3) is 0.680. The third kappa shape index (κ3) is 10.1. The first-order valence-corrected chi connectivity index (χ1v) is 13.1. The van der Waals surface area contributed by atoms with E-state index in [0.29, 0.717) is 83.6 Å². The molecule has 0 saturated carbocycles. The van der Waals surface area contributed by atoms with E-state index in [2.05, 4.69) is 20.9 Å². The molecule has 0 heterocycles. The third-order valence-corrected chi connectivity index (χ3v) is 5.90. The Morgan fingerprint density at radius 2 is 1.03 bits per heavy atom. The van der Waals surface area contributed by atoms with Crippen LogP contribution in [0, 0.1) is 0 Å². The summed E-state index contributed by atoms with van der Waals surface area (Å²) in [6.07, 6.45) is 3.09. The molecule has 2 aromatic carbocycles. The van der Waals surface area contributed by atoms with E-state index in [1.807, 2.05) is 7.05 Å². The van der Waals surface area contributed by atoms with Crippen molar-refractivity contribution in [3.8, 4) is 0 Å². The Hall–Kier alpha value is -2.84. The zero-order chi connectivity index (χ0) is 27.8. The standard InChI is InChI=1S/C25H42N6O7/c1-31(10-3-7-28-19-18(27)22(32)23(19)33)11-4-8-29-20-21(25(35)24(20)34)30-9-5-13-37-15-17-38-16-14-36-12-2-6-26/h28-30H,2-17,26-27H2,1H3. The highest BCUT2D eigenvalue weighted by atomic mass is 16.5. The van der Waals surface area contributed by atoms with Crippen molar-refractivity contribution in [1.29, 1.82) is 0 Å². The van der Waals surface area contributed by atoms with E-state index in [9.17, 15) is 19.2 Å². The van der Waals surface area contributed by atoms with Gasteiger partial charge >= 0.3 is 0 Å². The van der Waals surface area contributed by atoms with E-state index >= 15 is 0 Å². The molecule has 13 nitrogen and oxygen atoms in total. The van der Waals surface area contributed by atoms with Crippen LogP contribution in [0.4, 0.5) is 22.7 Å². The van der Waals surface area contributed by atoms with E-state index in [-0.39, 0.29) is 11.4 Å². The van der Waals surface area contributed by atoms with Crippen LogP contribution in [0.1, 0.15) is 25.7 Å². The molecule has 2 rings (SSSR count). The highest BCUT2D eigenvalue weighted by molar-refractivity contribution is 5.74. The SMILES string of the molecule is CN(CCCNc1c(N)c(=O)c1=O)CCCNc1c(NCCCOCCOCCOCCCN)c(=O)c1=O. The minimum Gasteiger partial charge on any atom is -0.394 e. The molecule has 0 spiro atoms. The lowest BCUT2D eigenvalue weighted by molar-refractivity contribution is 0.0144. The lowest BCUT2D eigenvalue weighted by Gasteiger charge is -2.18. The minimum absolute atomic E-state index is 0.00707. The largest absolute Gasteiger partial charge is 0.394 e. The predicted molar refractivity (Wildman–Crippen MR) is 150 cm³/mol. The van der Waals surface area contributed by atoms with Crippen LogP contribution < -0.4 is 49.1 Å². The maximum Gasteiger partial charge on any atom is 0.253 e. The quantitative estimate of drug-likeness (QED) is 0.0801. The lowest BCUT2D eigenvalue weighted by atomic mass is 10.2. The number of ether oxygens (including phenoxy) is 3. The van der Waals surface area contributed by atoms with Crippen molar-refractivity contribution in [2.24, 2.45) is 5.73 Å². The normalized spacial score (nSPS) is 11.6. The van der Waals surface area contributed by atoms with Gasteiger partial charge in [-0.25, -0.2) is 0 Å². The van der Waals surface area contributed by atoms with Crippen molar-refractivity contribution in [2.45, 2.75) is 25.7 Å². The van der Waals surface area contributed by atoms with Gasteiger partial charge < -0.3 is 46.5 Å². The zero-order valence-corrected chi connectivity index (χ0v) is 22.3. The maximum absolute atomic E-state index is 11.9. The summed E-state index contributed by atoms with van der Waals surface area (Å²) in [5.41, 5.74) is 9.60. The number of hydrogen-bond donors (Lipinski definition) is 5. The molecule has 2 aromatic rings. The molecule has 214 valence electrons. The van der Waals surface area contributed by atoms with Crippen LogP contribution in [-0.4, -0.2) is 90.9 Å². The molecule has 0 aliphatic rings. The zero-order valence-electron chi connectivity index (χ0n) is 22.3. The van der Waals surface area contributed by atoms with Gasteiger partial charge in [0.25, 0.3) is 21.7 Å². The van der Waals surface area contributed by atoms with Gasteiger partial charge in [-0.2, -0.15) is 0 Å². The average Bonchev–Trinajstić information content (AvgIpc) is 2.92. The molecular formula is C25H42N6O7. The Balaban J connectivity index is 1.48. The molecule has 0 atom stereocenters. The summed E-state index contributed by atoms with van der Waals surface area (Å²) in [5.74, 6) is 0. The average molecular weight is 539 g/mol. The van der Waals surface area contributed by atoms with Gasteiger partial charge in [-0.1, -0.05) is 0 Å². The predicted octanol–water partition coefficient (Wildman–Crippen LogP) is -1.10. The van der Waals surface area contributed by atoms with Crippen molar-refractivity contribution in [3.63, 3.8) is 0 Å². The highest BCUT2D eigenvalue weighted by Crippen LogP contribution is 2.14. The molecule has 7 N–H and O–H groups in total. The first-order chi connectivity index (χ1) is 18.4. The van der Waals surface area contributed by atoms with Crippen molar-refractivity contribution < 1.29 is 14.2 Å². The van der Waals surface area contributed by atoms with Crippen LogP contribution in [0.3, 0.4) is 0 Å². The second-order valence-electron chi connectivity index (χ2n) is 8.98. The van der Waals surface area contributed by atoms with Crippen LogP contribution in [0.15, 0.2) is 19.2 Å². The first-order valence-electron chi connectivity index (χ1n) is 13.1. The van der Waals surface area contributed by atoms with Crippen molar-refractivity contribution in [1.82, 2.24) is 4.90 Å². The summed E-state index contributed by atoms with van der Waals surface area (Å²) in [7, 11) is 1.98. The summed E-state index contributed by atoms with van der Waals surface area (Å²) in [4.78, 5) is 48.4. The number of nitrogens with two attached hydrogens (primary N) is 2. The Morgan fingerprint density at radius 3 is 1.53 bits per heavy atom. The van der Waals surface area contributed by atoms with E-state index in [4.69, 9.17) is 25.7 Å². The molecule has 0 radical (unpaired) electrons. The van der Waals surface area contributed by atoms with E-state index in [0.717, 1.165) is 32.4 Å². The van der Waals surface area contributed by atoms with Crippen LogP contribution in [0.5, 0.6) is 0 Å². The van der Waals surface area contributed by atoms with Gasteiger partial charge in [0.05, 0.1) is 26.4 Å². The summed E-state index contributed by atoms with van der Waals surface area (Å²) in [5, 5.41) is 9.00. The summed E-state index contributed by atoms with van der Waals surface area (Å²) < 4.78 is 16.3. The Morgan fingerprint density at radius 1 is 0.605 bits per heavy atom. The Bertz CT molecular complexity index is 1090. The van der Waals surface area contributed by atoms with Crippen LogP contribution in [0.2, 0.25) is 0 Å². The second kappa shape index (κ2) is 17.6. The molecular weight excluding hydrogens is 496 g/mol. The van der Waals surface area contributed by atoms with Crippen LogP contribution >= 0.6 is 0 Å². The molecule has 0 amide bonds. The van der Waals surface area contributed by atoms with Gasteiger partial charge in [0.2, 0.25) is 0 Å². The Kier molecular flexibility index (Phi) is 14.6. The second-order valence-corrected chi connectivity index (χ2v) is 8.98. The molecule has 0 aromatic heterocycles. The topological polar surface area (TPSA) is 187 Å². The minimum atomic E-state index is -0.625. The van der Waals surface area contributed by atoms with Crippen molar-refractivity contribution >= 4 is 22.7 Å². The summed E-state index contributed by atoms with van der Waals surface area (Å²) in [6.45, 7) is 7.01. The maximum atomic E-state index is 11.9. The molecule has 0 bridgehead atoms. The Labute approximate surface area is 222 Å². The molecule has 38 heavy (non-hydrogen) atoms.